The molecule has 19 heavy (non-hydrogen) atoms. The van der Waals surface area contributed by atoms with Gasteiger partial charge >= 0.3 is 0 Å². The first-order valence-electron chi connectivity index (χ1n) is 7.30. The van der Waals surface area contributed by atoms with E-state index in [-0.39, 0.29) is 11.9 Å². The van der Waals surface area contributed by atoms with Crippen LogP contribution < -0.4 is 5.73 Å². The molecule has 0 radical (unpaired) electrons. The second-order valence-electron chi connectivity index (χ2n) is 6.01. The SMILES string of the molecule is CC(C)C1CCN(CCC(N)c2ccccc2F)C1. The Kier molecular flexibility index (Phi) is 4.94. The monoisotopic (exact) mass is 264 g/mol. The lowest BCUT2D eigenvalue weighted by molar-refractivity contribution is 0.291. The van der Waals surface area contributed by atoms with Crippen molar-refractivity contribution in [3.63, 3.8) is 0 Å². The minimum atomic E-state index is -0.195. The Hall–Kier alpha value is -0.930. The molecule has 1 aromatic carbocycles. The second-order valence-corrected chi connectivity index (χ2v) is 6.01. The van der Waals surface area contributed by atoms with Gasteiger partial charge in [-0.15, -0.1) is 0 Å². The zero-order chi connectivity index (χ0) is 13.8. The summed E-state index contributed by atoms with van der Waals surface area (Å²) < 4.78 is 13.6. The van der Waals surface area contributed by atoms with Crippen molar-refractivity contribution < 1.29 is 4.39 Å². The van der Waals surface area contributed by atoms with Gasteiger partial charge in [-0.05, 0) is 43.8 Å². The van der Waals surface area contributed by atoms with E-state index >= 15 is 0 Å². The highest BCUT2D eigenvalue weighted by molar-refractivity contribution is 5.20. The minimum Gasteiger partial charge on any atom is -0.324 e. The Labute approximate surface area is 115 Å². The molecule has 0 bridgehead atoms. The predicted octanol–water partition coefficient (Wildman–Crippen LogP) is 3.19. The van der Waals surface area contributed by atoms with E-state index in [1.807, 2.05) is 6.07 Å². The number of nitrogens with two attached hydrogens (primary N) is 1. The molecule has 1 aromatic rings. The van der Waals surface area contributed by atoms with Gasteiger partial charge in [-0.3, -0.25) is 0 Å². The topological polar surface area (TPSA) is 29.3 Å². The molecule has 2 N–H and O–H groups in total. The fraction of sp³-hybridized carbons (Fsp3) is 0.625. The number of rotatable bonds is 5. The van der Waals surface area contributed by atoms with Gasteiger partial charge in [-0.25, -0.2) is 4.39 Å². The smallest absolute Gasteiger partial charge is 0.127 e. The largest absolute Gasteiger partial charge is 0.324 e. The van der Waals surface area contributed by atoms with Crippen LogP contribution in [-0.2, 0) is 0 Å². The number of halogens is 1. The van der Waals surface area contributed by atoms with Gasteiger partial charge in [-0.1, -0.05) is 32.0 Å². The van der Waals surface area contributed by atoms with Gasteiger partial charge in [0.15, 0.2) is 0 Å². The number of nitrogens with zero attached hydrogens (tertiary/aromatic N) is 1. The summed E-state index contributed by atoms with van der Waals surface area (Å²) in [6.45, 7) is 7.88. The van der Waals surface area contributed by atoms with Crippen LogP contribution in [0.5, 0.6) is 0 Å². The second kappa shape index (κ2) is 6.49. The average molecular weight is 264 g/mol. The van der Waals surface area contributed by atoms with Gasteiger partial charge < -0.3 is 10.6 Å². The van der Waals surface area contributed by atoms with Crippen molar-refractivity contribution in [3.05, 3.63) is 35.6 Å². The molecule has 2 unspecified atom stereocenters. The highest BCUT2D eigenvalue weighted by atomic mass is 19.1. The van der Waals surface area contributed by atoms with Gasteiger partial charge in [0.1, 0.15) is 5.82 Å². The molecule has 2 atom stereocenters. The lowest BCUT2D eigenvalue weighted by Crippen LogP contribution is -2.26. The highest BCUT2D eigenvalue weighted by Crippen LogP contribution is 2.25. The first-order valence-corrected chi connectivity index (χ1v) is 7.30. The van der Waals surface area contributed by atoms with Gasteiger partial charge in [0, 0.05) is 18.2 Å². The zero-order valence-electron chi connectivity index (χ0n) is 12.0. The van der Waals surface area contributed by atoms with E-state index in [4.69, 9.17) is 5.73 Å². The summed E-state index contributed by atoms with van der Waals surface area (Å²) in [6, 6.07) is 6.64. The van der Waals surface area contributed by atoms with E-state index in [1.54, 1.807) is 12.1 Å². The quantitative estimate of drug-likeness (QED) is 0.885. The average Bonchev–Trinajstić information content (AvgIpc) is 2.85. The first kappa shape index (κ1) is 14.5. The molecule has 0 aliphatic carbocycles. The van der Waals surface area contributed by atoms with E-state index < -0.39 is 0 Å². The van der Waals surface area contributed by atoms with Crippen molar-refractivity contribution in [2.75, 3.05) is 19.6 Å². The van der Waals surface area contributed by atoms with E-state index in [9.17, 15) is 4.39 Å². The first-order chi connectivity index (χ1) is 9.08. The molecule has 1 saturated heterocycles. The van der Waals surface area contributed by atoms with E-state index in [0.717, 1.165) is 31.3 Å². The predicted molar refractivity (Wildman–Crippen MR) is 77.3 cm³/mol. The summed E-state index contributed by atoms with van der Waals surface area (Å²) in [5.41, 5.74) is 6.74. The molecule has 1 aliphatic heterocycles. The Balaban J connectivity index is 1.82. The third-order valence-corrected chi connectivity index (χ3v) is 4.31. The molecule has 0 spiro atoms. The zero-order valence-corrected chi connectivity index (χ0v) is 12.0. The Morgan fingerprint density at radius 2 is 2.11 bits per heavy atom. The van der Waals surface area contributed by atoms with Crippen molar-refractivity contribution in [1.82, 2.24) is 4.90 Å². The summed E-state index contributed by atoms with van der Waals surface area (Å²) in [5.74, 6) is 1.38. The van der Waals surface area contributed by atoms with Crippen molar-refractivity contribution in [1.29, 1.82) is 0 Å². The highest BCUT2D eigenvalue weighted by Gasteiger charge is 2.25. The molecule has 1 heterocycles. The van der Waals surface area contributed by atoms with Crippen LogP contribution >= 0.6 is 0 Å². The summed E-state index contributed by atoms with van der Waals surface area (Å²) in [4.78, 5) is 2.46. The van der Waals surface area contributed by atoms with Crippen molar-refractivity contribution in [2.24, 2.45) is 17.6 Å². The van der Waals surface area contributed by atoms with Crippen molar-refractivity contribution in [2.45, 2.75) is 32.7 Å². The lowest BCUT2D eigenvalue weighted by Gasteiger charge is -2.20. The maximum Gasteiger partial charge on any atom is 0.127 e. The summed E-state index contributed by atoms with van der Waals surface area (Å²) in [6.07, 6.45) is 2.11. The fourth-order valence-corrected chi connectivity index (χ4v) is 2.86. The summed E-state index contributed by atoms with van der Waals surface area (Å²) >= 11 is 0. The normalized spacial score (nSPS) is 22.1. The fourth-order valence-electron chi connectivity index (χ4n) is 2.86. The third kappa shape index (κ3) is 3.77. The maximum absolute atomic E-state index is 13.6. The lowest BCUT2D eigenvalue weighted by atomic mass is 9.95. The standard InChI is InChI=1S/C16H25FN2/c1-12(2)13-7-9-19(11-13)10-8-16(18)14-5-3-4-6-15(14)17/h3-6,12-13,16H,7-11,18H2,1-2H3. The molecule has 1 fully saturated rings. The Morgan fingerprint density at radius 3 is 2.74 bits per heavy atom. The molecule has 0 amide bonds. The van der Waals surface area contributed by atoms with Gasteiger partial charge in [0.25, 0.3) is 0 Å². The molecule has 0 aromatic heterocycles. The van der Waals surface area contributed by atoms with Crippen LogP contribution in [-0.4, -0.2) is 24.5 Å². The van der Waals surface area contributed by atoms with Crippen LogP contribution in [0.4, 0.5) is 4.39 Å². The Morgan fingerprint density at radius 1 is 1.37 bits per heavy atom. The molecule has 106 valence electrons. The van der Waals surface area contributed by atoms with Crippen LogP contribution in [0, 0.1) is 17.7 Å². The molecule has 3 heteroatoms. The van der Waals surface area contributed by atoms with Gasteiger partial charge in [0.2, 0.25) is 0 Å². The van der Waals surface area contributed by atoms with E-state index in [1.165, 1.54) is 19.0 Å². The summed E-state index contributed by atoms with van der Waals surface area (Å²) in [7, 11) is 0. The maximum atomic E-state index is 13.6. The number of benzene rings is 1. The van der Waals surface area contributed by atoms with Crippen LogP contribution in [0.15, 0.2) is 24.3 Å². The molecule has 1 aliphatic rings. The number of hydrogen-bond acceptors (Lipinski definition) is 2. The van der Waals surface area contributed by atoms with Crippen molar-refractivity contribution >= 4 is 0 Å². The van der Waals surface area contributed by atoms with Gasteiger partial charge in [-0.2, -0.15) is 0 Å². The van der Waals surface area contributed by atoms with Gasteiger partial charge in [0.05, 0.1) is 0 Å². The third-order valence-electron chi connectivity index (χ3n) is 4.31. The summed E-state index contributed by atoms with van der Waals surface area (Å²) in [5, 5.41) is 0. The number of hydrogen-bond donors (Lipinski definition) is 1. The Bertz CT molecular complexity index is 405. The van der Waals surface area contributed by atoms with Crippen LogP contribution in [0.3, 0.4) is 0 Å². The van der Waals surface area contributed by atoms with Crippen molar-refractivity contribution in [3.8, 4) is 0 Å². The molecule has 0 saturated carbocycles. The van der Waals surface area contributed by atoms with Crippen LogP contribution in [0.2, 0.25) is 0 Å². The number of likely N-dealkylation sites (tertiary alicyclic amines) is 1. The van der Waals surface area contributed by atoms with Crippen LogP contribution in [0.25, 0.3) is 0 Å². The minimum absolute atomic E-state index is 0.184. The van der Waals surface area contributed by atoms with E-state index in [2.05, 4.69) is 18.7 Å². The van der Waals surface area contributed by atoms with E-state index in [0.29, 0.717) is 5.56 Å². The molecule has 2 nitrogen and oxygen atoms in total. The molecular weight excluding hydrogens is 239 g/mol. The molecular formula is C16H25FN2. The van der Waals surface area contributed by atoms with Crippen LogP contribution in [0.1, 0.15) is 38.3 Å². The molecule has 2 rings (SSSR count).